The Kier molecular flexibility index (Phi) is 3.62. The maximum atomic E-state index is 14.1. The Bertz CT molecular complexity index is 769. The molecule has 2 heterocycles. The molecule has 21 heavy (non-hydrogen) atoms. The maximum absolute atomic E-state index is 14.1. The summed E-state index contributed by atoms with van der Waals surface area (Å²) in [4.78, 5) is 4.07. The fourth-order valence-corrected chi connectivity index (χ4v) is 2.41. The molecule has 6 heteroatoms. The lowest BCUT2D eigenvalue weighted by molar-refractivity contribution is 0.483. The van der Waals surface area contributed by atoms with Crippen LogP contribution in [0, 0.1) is 11.6 Å². The average molecular weight is 288 g/mol. The van der Waals surface area contributed by atoms with Crippen molar-refractivity contribution in [3.8, 4) is 0 Å². The van der Waals surface area contributed by atoms with E-state index in [0.717, 1.165) is 17.1 Å². The summed E-state index contributed by atoms with van der Waals surface area (Å²) < 4.78 is 29.3. The number of benzene rings is 1. The Balaban J connectivity index is 2.16. The van der Waals surface area contributed by atoms with Crippen molar-refractivity contribution < 1.29 is 8.78 Å². The molecule has 2 aromatic heterocycles. The van der Waals surface area contributed by atoms with Crippen LogP contribution < -0.4 is 5.32 Å². The van der Waals surface area contributed by atoms with Crippen LogP contribution in [0.5, 0.6) is 0 Å². The van der Waals surface area contributed by atoms with Gasteiger partial charge < -0.3 is 5.32 Å². The van der Waals surface area contributed by atoms with Crippen molar-refractivity contribution in [1.82, 2.24) is 19.9 Å². The first-order valence-electron chi connectivity index (χ1n) is 6.67. The number of halogens is 2. The SMILES string of the molecule is CCNC(c1cccc(F)c1F)c1cnn2ccncc12. The molecular formula is C15H14F2N4. The zero-order valence-corrected chi connectivity index (χ0v) is 11.4. The third-order valence-corrected chi connectivity index (χ3v) is 3.37. The first-order valence-corrected chi connectivity index (χ1v) is 6.67. The van der Waals surface area contributed by atoms with Gasteiger partial charge in [0.05, 0.1) is 24.0 Å². The van der Waals surface area contributed by atoms with Gasteiger partial charge in [-0.3, -0.25) is 4.98 Å². The second-order valence-electron chi connectivity index (χ2n) is 4.64. The molecule has 0 fully saturated rings. The van der Waals surface area contributed by atoms with Crippen LogP contribution in [-0.4, -0.2) is 21.1 Å². The monoisotopic (exact) mass is 288 g/mol. The molecule has 1 N–H and O–H groups in total. The number of hydrogen-bond donors (Lipinski definition) is 1. The lowest BCUT2D eigenvalue weighted by Gasteiger charge is -2.18. The number of nitrogens with zero attached hydrogens (tertiary/aromatic N) is 3. The highest BCUT2D eigenvalue weighted by atomic mass is 19.2. The lowest BCUT2D eigenvalue weighted by atomic mass is 9.99. The third kappa shape index (κ3) is 2.38. The average Bonchev–Trinajstić information content (AvgIpc) is 2.92. The molecule has 0 spiro atoms. The van der Waals surface area contributed by atoms with E-state index in [0.29, 0.717) is 6.54 Å². The minimum absolute atomic E-state index is 0.260. The predicted octanol–water partition coefficient (Wildman–Crippen LogP) is 2.71. The van der Waals surface area contributed by atoms with Gasteiger partial charge in [-0.25, -0.2) is 13.3 Å². The first-order chi connectivity index (χ1) is 10.2. The number of rotatable bonds is 4. The minimum atomic E-state index is -0.856. The van der Waals surface area contributed by atoms with E-state index in [9.17, 15) is 8.78 Å². The van der Waals surface area contributed by atoms with E-state index in [1.54, 1.807) is 35.4 Å². The van der Waals surface area contributed by atoms with Gasteiger partial charge in [0.2, 0.25) is 0 Å². The predicted molar refractivity (Wildman–Crippen MR) is 74.9 cm³/mol. The van der Waals surface area contributed by atoms with Crippen molar-refractivity contribution in [1.29, 1.82) is 0 Å². The van der Waals surface area contributed by atoms with Gasteiger partial charge in [-0.05, 0) is 12.6 Å². The van der Waals surface area contributed by atoms with Gasteiger partial charge in [0, 0.05) is 23.5 Å². The summed E-state index contributed by atoms with van der Waals surface area (Å²) in [6.07, 6.45) is 6.64. The lowest BCUT2D eigenvalue weighted by Crippen LogP contribution is -2.23. The van der Waals surface area contributed by atoms with Crippen LogP contribution in [0.4, 0.5) is 8.78 Å². The van der Waals surface area contributed by atoms with Crippen LogP contribution >= 0.6 is 0 Å². The maximum Gasteiger partial charge on any atom is 0.163 e. The Hall–Kier alpha value is -2.34. The van der Waals surface area contributed by atoms with Gasteiger partial charge in [-0.15, -0.1) is 0 Å². The van der Waals surface area contributed by atoms with Crippen molar-refractivity contribution in [2.75, 3.05) is 6.54 Å². The van der Waals surface area contributed by atoms with Crippen LogP contribution in [0.1, 0.15) is 24.1 Å². The number of aromatic nitrogens is 3. The molecule has 4 nitrogen and oxygen atoms in total. The third-order valence-electron chi connectivity index (χ3n) is 3.37. The van der Waals surface area contributed by atoms with Gasteiger partial charge in [-0.2, -0.15) is 5.10 Å². The van der Waals surface area contributed by atoms with Crippen LogP contribution in [-0.2, 0) is 0 Å². The summed E-state index contributed by atoms with van der Waals surface area (Å²) in [7, 11) is 0. The van der Waals surface area contributed by atoms with E-state index in [-0.39, 0.29) is 5.56 Å². The van der Waals surface area contributed by atoms with Crippen molar-refractivity contribution in [3.05, 3.63) is 65.7 Å². The smallest absolute Gasteiger partial charge is 0.163 e. The van der Waals surface area contributed by atoms with Gasteiger partial charge in [-0.1, -0.05) is 19.1 Å². The summed E-state index contributed by atoms with van der Waals surface area (Å²) in [6.45, 7) is 2.52. The molecule has 1 atom stereocenters. The molecule has 0 aliphatic rings. The molecule has 0 saturated heterocycles. The Morgan fingerprint density at radius 2 is 2.10 bits per heavy atom. The number of hydrogen-bond acceptors (Lipinski definition) is 3. The zero-order valence-electron chi connectivity index (χ0n) is 11.4. The quantitative estimate of drug-likeness (QED) is 0.802. The van der Waals surface area contributed by atoms with Crippen molar-refractivity contribution in [2.45, 2.75) is 13.0 Å². The molecule has 3 rings (SSSR count). The normalized spacial score (nSPS) is 12.7. The Morgan fingerprint density at radius 1 is 1.24 bits per heavy atom. The summed E-state index contributed by atoms with van der Waals surface area (Å²) in [6, 6.07) is 3.71. The van der Waals surface area contributed by atoms with Gasteiger partial charge in [0.1, 0.15) is 0 Å². The summed E-state index contributed by atoms with van der Waals surface area (Å²) in [5, 5.41) is 7.39. The van der Waals surface area contributed by atoms with Gasteiger partial charge >= 0.3 is 0 Å². The Labute approximate surface area is 120 Å². The molecule has 1 unspecified atom stereocenters. The molecule has 1 aromatic carbocycles. The standard InChI is InChI=1S/C15H14F2N4/c1-2-19-15(10-4-3-5-12(16)14(10)17)11-8-20-21-7-6-18-9-13(11)21/h3-9,15,19H,2H2,1H3. The van der Waals surface area contributed by atoms with E-state index in [4.69, 9.17) is 0 Å². The van der Waals surface area contributed by atoms with Gasteiger partial charge in [0.25, 0.3) is 0 Å². The van der Waals surface area contributed by atoms with Crippen molar-refractivity contribution >= 4 is 5.52 Å². The van der Waals surface area contributed by atoms with E-state index >= 15 is 0 Å². The fraction of sp³-hybridized carbons (Fsp3) is 0.200. The second-order valence-corrected chi connectivity index (χ2v) is 4.64. The Morgan fingerprint density at radius 3 is 2.90 bits per heavy atom. The van der Waals surface area contributed by atoms with E-state index in [2.05, 4.69) is 15.4 Å². The van der Waals surface area contributed by atoms with Crippen molar-refractivity contribution in [3.63, 3.8) is 0 Å². The van der Waals surface area contributed by atoms with Crippen molar-refractivity contribution in [2.24, 2.45) is 0 Å². The number of fused-ring (bicyclic) bond motifs is 1. The fourth-order valence-electron chi connectivity index (χ4n) is 2.41. The summed E-state index contributed by atoms with van der Waals surface area (Å²) in [5.41, 5.74) is 1.78. The highest BCUT2D eigenvalue weighted by Crippen LogP contribution is 2.28. The molecule has 0 saturated carbocycles. The summed E-state index contributed by atoms with van der Waals surface area (Å²) >= 11 is 0. The highest BCUT2D eigenvalue weighted by Gasteiger charge is 2.22. The topological polar surface area (TPSA) is 42.2 Å². The molecule has 0 aliphatic heterocycles. The van der Waals surface area contributed by atoms with Crippen LogP contribution in [0.3, 0.4) is 0 Å². The molecule has 0 aliphatic carbocycles. The largest absolute Gasteiger partial charge is 0.306 e. The van der Waals surface area contributed by atoms with E-state index in [1.165, 1.54) is 6.07 Å². The zero-order chi connectivity index (χ0) is 14.8. The van der Waals surface area contributed by atoms with E-state index < -0.39 is 17.7 Å². The van der Waals surface area contributed by atoms with E-state index in [1.807, 2.05) is 6.92 Å². The van der Waals surface area contributed by atoms with Crippen LogP contribution in [0.25, 0.3) is 5.52 Å². The van der Waals surface area contributed by atoms with Crippen LogP contribution in [0.2, 0.25) is 0 Å². The highest BCUT2D eigenvalue weighted by molar-refractivity contribution is 5.55. The minimum Gasteiger partial charge on any atom is -0.306 e. The first kappa shape index (κ1) is 13.6. The number of nitrogens with one attached hydrogen (secondary N) is 1. The van der Waals surface area contributed by atoms with Gasteiger partial charge in [0.15, 0.2) is 11.6 Å². The molecule has 3 aromatic rings. The molecule has 0 amide bonds. The summed E-state index contributed by atoms with van der Waals surface area (Å²) in [5.74, 6) is -1.70. The molecule has 0 radical (unpaired) electrons. The molecular weight excluding hydrogens is 274 g/mol. The molecule has 108 valence electrons. The second kappa shape index (κ2) is 5.57. The van der Waals surface area contributed by atoms with Crippen LogP contribution in [0.15, 0.2) is 43.0 Å². The molecule has 0 bridgehead atoms.